The molecule has 0 bridgehead atoms. The molecule has 0 radical (unpaired) electrons. The van der Waals surface area contributed by atoms with Crippen molar-refractivity contribution in [1.82, 2.24) is 10.2 Å². The van der Waals surface area contributed by atoms with E-state index in [1.807, 2.05) is 18.9 Å². The fraction of sp³-hybridized carbons (Fsp3) is 0.625. The molecule has 0 fully saturated rings. The molecular formula is C8H10BrF3N2. The summed E-state index contributed by atoms with van der Waals surface area (Å²) in [5.41, 5.74) is -0.803. The van der Waals surface area contributed by atoms with E-state index in [-0.39, 0.29) is 0 Å². The maximum absolute atomic E-state index is 12.2. The number of nitrogens with one attached hydrogen (secondary N) is 1. The van der Waals surface area contributed by atoms with E-state index in [9.17, 15) is 13.2 Å². The smallest absolute Gasteiger partial charge is 0.273 e. The Bertz CT molecular complexity index is 317. The minimum absolute atomic E-state index is 0.403. The van der Waals surface area contributed by atoms with Crippen LogP contribution in [0.1, 0.15) is 25.2 Å². The Hall–Kier alpha value is -0.520. The average Bonchev–Trinajstić information content (AvgIpc) is 2.51. The van der Waals surface area contributed by atoms with Gasteiger partial charge in [-0.15, -0.1) is 0 Å². The fourth-order valence-electron chi connectivity index (χ4n) is 0.882. The Balaban J connectivity index is 3.00. The first-order chi connectivity index (χ1) is 6.27. The Kier molecular flexibility index (Phi) is 2.94. The summed E-state index contributed by atoms with van der Waals surface area (Å²) in [5, 5.41) is 6.20. The van der Waals surface area contributed by atoms with E-state index in [0.717, 1.165) is 6.07 Å². The van der Waals surface area contributed by atoms with Gasteiger partial charge in [0.2, 0.25) is 0 Å². The number of aromatic amines is 1. The van der Waals surface area contributed by atoms with Crippen molar-refractivity contribution in [3.8, 4) is 0 Å². The summed E-state index contributed by atoms with van der Waals surface area (Å²) in [6.45, 7) is 3.64. The molecule has 0 amide bonds. The largest absolute Gasteiger partial charge is 0.432 e. The van der Waals surface area contributed by atoms with Crippen LogP contribution in [0.2, 0.25) is 0 Å². The van der Waals surface area contributed by atoms with Crippen LogP contribution in [0.4, 0.5) is 13.2 Å². The summed E-state index contributed by atoms with van der Waals surface area (Å²) in [5.74, 6) is 0. The highest BCUT2D eigenvalue weighted by atomic mass is 79.9. The lowest BCUT2D eigenvalue weighted by Crippen LogP contribution is -2.19. The van der Waals surface area contributed by atoms with Crippen molar-refractivity contribution in [2.24, 2.45) is 0 Å². The fourth-order valence-corrected chi connectivity index (χ4v) is 1.17. The van der Waals surface area contributed by atoms with Gasteiger partial charge in [0.25, 0.3) is 0 Å². The van der Waals surface area contributed by atoms with Gasteiger partial charge in [-0.3, -0.25) is 5.10 Å². The van der Waals surface area contributed by atoms with Crippen molar-refractivity contribution in [3.05, 3.63) is 17.5 Å². The van der Waals surface area contributed by atoms with E-state index < -0.39 is 17.3 Å². The molecule has 0 aliphatic heterocycles. The van der Waals surface area contributed by atoms with Crippen molar-refractivity contribution in [2.75, 3.05) is 5.33 Å². The molecule has 0 aromatic carbocycles. The molecule has 6 heteroatoms. The van der Waals surface area contributed by atoms with Gasteiger partial charge in [0.05, 0.1) is 5.69 Å². The number of halogens is 4. The third kappa shape index (κ3) is 2.29. The van der Waals surface area contributed by atoms with Crippen molar-refractivity contribution < 1.29 is 13.2 Å². The minimum atomic E-state index is -4.35. The zero-order valence-electron chi connectivity index (χ0n) is 7.74. The summed E-state index contributed by atoms with van der Waals surface area (Å²) < 4.78 is 36.6. The van der Waals surface area contributed by atoms with Crippen molar-refractivity contribution in [1.29, 1.82) is 0 Å². The van der Waals surface area contributed by atoms with E-state index in [1.54, 1.807) is 0 Å². The van der Waals surface area contributed by atoms with Gasteiger partial charge in [-0.1, -0.05) is 29.8 Å². The predicted molar refractivity (Wildman–Crippen MR) is 50.4 cm³/mol. The number of H-pyrrole nitrogens is 1. The highest BCUT2D eigenvalue weighted by Crippen LogP contribution is 2.31. The van der Waals surface area contributed by atoms with Crippen molar-refractivity contribution in [3.63, 3.8) is 0 Å². The van der Waals surface area contributed by atoms with Gasteiger partial charge in [-0.2, -0.15) is 18.3 Å². The summed E-state index contributed by atoms with van der Waals surface area (Å²) in [4.78, 5) is 0. The molecule has 1 aromatic rings. The van der Waals surface area contributed by atoms with Gasteiger partial charge in [-0.25, -0.2) is 0 Å². The molecular weight excluding hydrogens is 261 g/mol. The summed E-state index contributed by atoms with van der Waals surface area (Å²) in [6, 6.07) is 1.04. The Labute approximate surface area is 88.0 Å². The van der Waals surface area contributed by atoms with Crippen LogP contribution >= 0.6 is 15.9 Å². The Morgan fingerprint density at radius 1 is 1.43 bits per heavy atom. The van der Waals surface area contributed by atoms with E-state index in [4.69, 9.17) is 0 Å². The van der Waals surface area contributed by atoms with Gasteiger partial charge in [0, 0.05) is 10.7 Å². The molecule has 0 aliphatic carbocycles. The SMILES string of the molecule is CC(C)(CBr)c1cc(C(F)(F)F)[nH]n1. The van der Waals surface area contributed by atoms with Crippen LogP contribution in [0.15, 0.2) is 6.07 Å². The topological polar surface area (TPSA) is 28.7 Å². The molecule has 0 spiro atoms. The first kappa shape index (κ1) is 11.6. The Morgan fingerprint density at radius 2 is 2.00 bits per heavy atom. The molecule has 1 rings (SSSR count). The number of alkyl halides is 4. The normalized spacial score (nSPS) is 13.3. The molecule has 0 saturated carbocycles. The molecule has 1 heterocycles. The minimum Gasteiger partial charge on any atom is -0.273 e. The van der Waals surface area contributed by atoms with Crippen LogP contribution in [-0.4, -0.2) is 15.5 Å². The maximum atomic E-state index is 12.2. The average molecular weight is 271 g/mol. The van der Waals surface area contributed by atoms with Crippen LogP contribution in [-0.2, 0) is 11.6 Å². The molecule has 1 N–H and O–H groups in total. The standard InChI is InChI=1S/C8H10BrF3N2/c1-7(2,4-9)5-3-6(14-13-5)8(10,11)12/h3H,4H2,1-2H3,(H,13,14). The molecule has 0 saturated heterocycles. The lowest BCUT2D eigenvalue weighted by molar-refractivity contribution is -0.141. The molecule has 1 aromatic heterocycles. The van der Waals surface area contributed by atoms with Crippen molar-refractivity contribution in [2.45, 2.75) is 25.4 Å². The lowest BCUT2D eigenvalue weighted by Gasteiger charge is -2.17. The van der Waals surface area contributed by atoms with Gasteiger partial charge in [0.1, 0.15) is 5.69 Å². The maximum Gasteiger partial charge on any atom is 0.432 e. The lowest BCUT2D eigenvalue weighted by atomic mass is 9.92. The van der Waals surface area contributed by atoms with E-state index in [0.29, 0.717) is 11.0 Å². The summed E-state index contributed by atoms with van der Waals surface area (Å²) >= 11 is 3.23. The third-order valence-corrected chi connectivity index (χ3v) is 3.31. The molecule has 0 atom stereocenters. The predicted octanol–water partition coefficient (Wildman–Crippen LogP) is 3.10. The van der Waals surface area contributed by atoms with E-state index in [2.05, 4.69) is 21.0 Å². The number of nitrogens with zero attached hydrogens (tertiary/aromatic N) is 1. The molecule has 0 unspecified atom stereocenters. The second-order valence-electron chi connectivity index (χ2n) is 3.68. The second-order valence-corrected chi connectivity index (χ2v) is 4.24. The van der Waals surface area contributed by atoms with Gasteiger partial charge >= 0.3 is 6.18 Å². The first-order valence-electron chi connectivity index (χ1n) is 3.96. The van der Waals surface area contributed by atoms with Crippen molar-refractivity contribution >= 4 is 15.9 Å². The second kappa shape index (κ2) is 3.56. The highest BCUT2D eigenvalue weighted by Gasteiger charge is 2.35. The van der Waals surface area contributed by atoms with Crippen LogP contribution in [0.3, 0.4) is 0 Å². The summed E-state index contributed by atoms with van der Waals surface area (Å²) in [7, 11) is 0. The van der Waals surface area contributed by atoms with E-state index >= 15 is 0 Å². The number of aromatic nitrogens is 2. The first-order valence-corrected chi connectivity index (χ1v) is 5.08. The quantitative estimate of drug-likeness (QED) is 0.822. The third-order valence-electron chi connectivity index (χ3n) is 1.91. The van der Waals surface area contributed by atoms with E-state index in [1.165, 1.54) is 0 Å². The molecule has 0 aliphatic rings. The van der Waals surface area contributed by atoms with Gasteiger partial charge in [-0.05, 0) is 6.07 Å². The van der Waals surface area contributed by atoms with Gasteiger partial charge in [0.15, 0.2) is 0 Å². The zero-order chi connectivity index (χ0) is 11.0. The van der Waals surface area contributed by atoms with Crippen LogP contribution < -0.4 is 0 Å². The number of rotatable bonds is 2. The summed E-state index contributed by atoms with van der Waals surface area (Å²) in [6.07, 6.45) is -4.35. The monoisotopic (exact) mass is 270 g/mol. The van der Waals surface area contributed by atoms with Crippen LogP contribution in [0.25, 0.3) is 0 Å². The molecule has 2 nitrogen and oxygen atoms in total. The van der Waals surface area contributed by atoms with Gasteiger partial charge < -0.3 is 0 Å². The molecule has 80 valence electrons. The number of hydrogen-bond donors (Lipinski definition) is 1. The van der Waals surface area contributed by atoms with Crippen LogP contribution in [0, 0.1) is 0 Å². The Morgan fingerprint density at radius 3 is 2.36 bits per heavy atom. The highest BCUT2D eigenvalue weighted by molar-refractivity contribution is 9.09. The molecule has 14 heavy (non-hydrogen) atoms. The number of hydrogen-bond acceptors (Lipinski definition) is 1. The zero-order valence-corrected chi connectivity index (χ0v) is 9.33. The van der Waals surface area contributed by atoms with Crippen LogP contribution in [0.5, 0.6) is 0 Å².